The maximum Gasteiger partial charge on any atom is 0.171 e. The van der Waals surface area contributed by atoms with E-state index >= 15 is 0 Å². The molecule has 0 atom stereocenters. The van der Waals surface area contributed by atoms with Crippen molar-refractivity contribution in [2.24, 2.45) is 5.92 Å². The molecule has 2 rings (SSSR count). The highest BCUT2D eigenvalue weighted by atomic mass is 35.5. The van der Waals surface area contributed by atoms with Crippen LogP contribution in [0.4, 0.5) is 5.82 Å². The van der Waals surface area contributed by atoms with Crippen molar-refractivity contribution in [3.05, 3.63) is 17.5 Å². The summed E-state index contributed by atoms with van der Waals surface area (Å²) in [6.07, 6.45) is 8.63. The molecule has 1 aliphatic rings. The van der Waals surface area contributed by atoms with E-state index in [4.69, 9.17) is 11.6 Å². The topological polar surface area (TPSA) is 37.8 Å². The summed E-state index contributed by atoms with van der Waals surface area (Å²) in [4.78, 5) is 8.10. The van der Waals surface area contributed by atoms with Crippen LogP contribution < -0.4 is 5.32 Å². The van der Waals surface area contributed by atoms with Crippen LogP contribution >= 0.6 is 11.6 Å². The first-order chi connectivity index (χ1) is 6.86. The molecule has 14 heavy (non-hydrogen) atoms. The molecule has 0 radical (unpaired) electrons. The number of halogens is 1. The fourth-order valence-electron chi connectivity index (χ4n) is 1.90. The largest absolute Gasteiger partial charge is 0.367 e. The first-order valence-electron chi connectivity index (χ1n) is 5.06. The summed E-state index contributed by atoms with van der Waals surface area (Å²) in [5.74, 6) is 1.49. The molecule has 1 N–H and O–H groups in total. The van der Waals surface area contributed by atoms with Crippen LogP contribution in [0.1, 0.15) is 25.7 Å². The van der Waals surface area contributed by atoms with Crippen molar-refractivity contribution in [2.45, 2.75) is 25.7 Å². The lowest BCUT2D eigenvalue weighted by atomic mass is 10.1. The van der Waals surface area contributed by atoms with Gasteiger partial charge >= 0.3 is 0 Å². The summed E-state index contributed by atoms with van der Waals surface area (Å²) in [6, 6.07) is 0. The molecule has 1 fully saturated rings. The molecule has 3 nitrogen and oxygen atoms in total. The molecule has 0 bridgehead atoms. The highest BCUT2D eigenvalue weighted by Crippen LogP contribution is 2.25. The van der Waals surface area contributed by atoms with Crippen LogP contribution in [-0.4, -0.2) is 16.5 Å². The van der Waals surface area contributed by atoms with E-state index < -0.39 is 0 Å². The number of rotatable bonds is 3. The average molecular weight is 212 g/mol. The summed E-state index contributed by atoms with van der Waals surface area (Å²) in [5, 5.41) is 3.71. The van der Waals surface area contributed by atoms with E-state index in [1.807, 2.05) is 0 Å². The maximum absolute atomic E-state index is 5.87. The second-order valence-electron chi connectivity index (χ2n) is 3.73. The van der Waals surface area contributed by atoms with Gasteiger partial charge in [-0.05, 0) is 18.8 Å². The van der Waals surface area contributed by atoms with Gasteiger partial charge in [0.25, 0.3) is 0 Å². The third-order valence-electron chi connectivity index (χ3n) is 2.69. The van der Waals surface area contributed by atoms with E-state index in [9.17, 15) is 0 Å². The second-order valence-corrected chi connectivity index (χ2v) is 4.09. The van der Waals surface area contributed by atoms with Crippen molar-refractivity contribution in [3.63, 3.8) is 0 Å². The molecule has 0 aromatic carbocycles. The van der Waals surface area contributed by atoms with E-state index in [1.165, 1.54) is 25.7 Å². The summed E-state index contributed by atoms with van der Waals surface area (Å²) in [6.45, 7) is 0.971. The smallest absolute Gasteiger partial charge is 0.171 e. The lowest BCUT2D eigenvalue weighted by Crippen LogP contribution is -2.12. The molecular weight excluding hydrogens is 198 g/mol. The predicted octanol–water partition coefficient (Wildman–Crippen LogP) is 2.73. The van der Waals surface area contributed by atoms with Crippen LogP contribution in [0.3, 0.4) is 0 Å². The number of nitrogens with one attached hydrogen (secondary N) is 1. The highest BCUT2D eigenvalue weighted by molar-refractivity contribution is 6.31. The van der Waals surface area contributed by atoms with Crippen molar-refractivity contribution in [2.75, 3.05) is 11.9 Å². The Morgan fingerprint density at radius 2 is 2.00 bits per heavy atom. The van der Waals surface area contributed by atoms with Crippen LogP contribution in [0.25, 0.3) is 0 Å². The van der Waals surface area contributed by atoms with Gasteiger partial charge in [-0.25, -0.2) is 9.97 Å². The maximum atomic E-state index is 5.87. The molecule has 1 aliphatic carbocycles. The summed E-state index contributed by atoms with van der Waals surface area (Å²) in [7, 11) is 0. The third kappa shape index (κ3) is 2.35. The lowest BCUT2D eigenvalue weighted by molar-refractivity contribution is 0.579. The molecule has 4 heteroatoms. The fourth-order valence-corrected chi connectivity index (χ4v) is 2.07. The number of hydrogen-bond acceptors (Lipinski definition) is 3. The van der Waals surface area contributed by atoms with Crippen molar-refractivity contribution in [3.8, 4) is 0 Å². The standard InChI is InChI=1S/C10H14ClN3/c11-9-10(13-6-5-12-9)14-7-8-3-1-2-4-8/h5-6,8H,1-4,7H2,(H,13,14). The zero-order chi connectivity index (χ0) is 9.80. The molecule has 0 saturated heterocycles. The van der Waals surface area contributed by atoms with Crippen molar-refractivity contribution < 1.29 is 0 Å². The first kappa shape index (κ1) is 9.71. The van der Waals surface area contributed by atoms with Gasteiger partial charge in [0.15, 0.2) is 11.0 Å². The van der Waals surface area contributed by atoms with Crippen LogP contribution in [-0.2, 0) is 0 Å². The first-order valence-corrected chi connectivity index (χ1v) is 5.44. The van der Waals surface area contributed by atoms with Crippen molar-refractivity contribution in [1.29, 1.82) is 0 Å². The Bertz CT molecular complexity index is 297. The van der Waals surface area contributed by atoms with Gasteiger partial charge in [-0.3, -0.25) is 0 Å². The van der Waals surface area contributed by atoms with E-state index in [2.05, 4.69) is 15.3 Å². The molecular formula is C10H14ClN3. The molecule has 0 unspecified atom stereocenters. The monoisotopic (exact) mass is 211 g/mol. The molecule has 0 amide bonds. The summed E-state index contributed by atoms with van der Waals surface area (Å²) >= 11 is 5.87. The zero-order valence-corrected chi connectivity index (χ0v) is 8.80. The molecule has 1 heterocycles. The van der Waals surface area contributed by atoms with Gasteiger partial charge in [0, 0.05) is 18.9 Å². The minimum Gasteiger partial charge on any atom is -0.367 e. The number of aromatic nitrogens is 2. The Kier molecular flexibility index (Phi) is 3.19. The van der Waals surface area contributed by atoms with E-state index in [-0.39, 0.29) is 0 Å². The van der Waals surface area contributed by atoms with Gasteiger partial charge in [-0.15, -0.1) is 0 Å². The van der Waals surface area contributed by atoms with Crippen LogP contribution in [0.5, 0.6) is 0 Å². The van der Waals surface area contributed by atoms with E-state index in [1.54, 1.807) is 12.4 Å². The molecule has 1 aromatic rings. The summed E-state index contributed by atoms with van der Waals surface area (Å²) < 4.78 is 0. The van der Waals surface area contributed by atoms with Crippen LogP contribution in [0.15, 0.2) is 12.4 Å². The zero-order valence-electron chi connectivity index (χ0n) is 8.04. The number of hydrogen-bond donors (Lipinski definition) is 1. The van der Waals surface area contributed by atoms with Crippen molar-refractivity contribution >= 4 is 17.4 Å². The number of nitrogens with zero attached hydrogens (tertiary/aromatic N) is 2. The Hall–Kier alpha value is -0.830. The quantitative estimate of drug-likeness (QED) is 0.836. The SMILES string of the molecule is Clc1nccnc1NCC1CCCC1. The van der Waals surface area contributed by atoms with Gasteiger partial charge < -0.3 is 5.32 Å². The van der Waals surface area contributed by atoms with Crippen molar-refractivity contribution in [1.82, 2.24) is 9.97 Å². The molecule has 76 valence electrons. The average Bonchev–Trinajstić information content (AvgIpc) is 2.69. The Morgan fingerprint density at radius 1 is 1.29 bits per heavy atom. The Morgan fingerprint density at radius 3 is 2.71 bits per heavy atom. The predicted molar refractivity (Wildman–Crippen MR) is 57.5 cm³/mol. The van der Waals surface area contributed by atoms with Crippen LogP contribution in [0.2, 0.25) is 5.15 Å². The summed E-state index contributed by atoms with van der Waals surface area (Å²) in [5.41, 5.74) is 0. The van der Waals surface area contributed by atoms with E-state index in [0.29, 0.717) is 11.0 Å². The molecule has 0 aliphatic heterocycles. The normalized spacial score (nSPS) is 17.2. The number of anilines is 1. The molecule has 0 spiro atoms. The minimum absolute atomic E-state index is 0.463. The third-order valence-corrected chi connectivity index (χ3v) is 2.96. The molecule has 1 saturated carbocycles. The Labute approximate surface area is 88.9 Å². The van der Waals surface area contributed by atoms with Gasteiger partial charge in [-0.1, -0.05) is 24.4 Å². The minimum atomic E-state index is 0.463. The second kappa shape index (κ2) is 4.60. The van der Waals surface area contributed by atoms with Gasteiger partial charge in [0.1, 0.15) is 0 Å². The Balaban J connectivity index is 1.88. The van der Waals surface area contributed by atoms with Gasteiger partial charge in [-0.2, -0.15) is 0 Å². The molecule has 1 aromatic heterocycles. The lowest BCUT2D eigenvalue weighted by Gasteiger charge is -2.11. The van der Waals surface area contributed by atoms with Crippen LogP contribution in [0, 0.1) is 5.92 Å². The highest BCUT2D eigenvalue weighted by Gasteiger charge is 2.15. The van der Waals surface area contributed by atoms with Gasteiger partial charge in [0.2, 0.25) is 0 Å². The van der Waals surface area contributed by atoms with Gasteiger partial charge in [0.05, 0.1) is 0 Å². The fraction of sp³-hybridized carbons (Fsp3) is 0.600. The van der Waals surface area contributed by atoms with E-state index in [0.717, 1.165) is 12.5 Å².